The first-order chi connectivity index (χ1) is 14.8. The van der Waals surface area contributed by atoms with Crippen LogP contribution in [0.3, 0.4) is 0 Å². The van der Waals surface area contributed by atoms with Crippen LogP contribution < -0.4 is 16.0 Å². The van der Waals surface area contributed by atoms with E-state index in [2.05, 4.69) is 34.8 Å². The Labute approximate surface area is 185 Å². The van der Waals surface area contributed by atoms with Crippen molar-refractivity contribution < 1.29 is 14.7 Å². The summed E-state index contributed by atoms with van der Waals surface area (Å²) in [4.78, 5) is 29.0. The van der Waals surface area contributed by atoms with Gasteiger partial charge in [0, 0.05) is 37.4 Å². The number of urea groups is 1. The first-order valence-electron chi connectivity index (χ1n) is 11.7. The van der Waals surface area contributed by atoms with Gasteiger partial charge in [0.2, 0.25) is 5.91 Å². The lowest BCUT2D eigenvalue weighted by Crippen LogP contribution is -2.59. The molecule has 7 heteroatoms. The number of rotatable bonds is 6. The predicted octanol–water partition coefficient (Wildman–Crippen LogP) is 2.84. The highest BCUT2D eigenvalue weighted by molar-refractivity contribution is 5.78. The Kier molecular flexibility index (Phi) is 7.57. The Morgan fingerprint density at radius 2 is 2.03 bits per heavy atom. The number of hydrogen-bond donors (Lipinski definition) is 4. The Hall–Kier alpha value is -2.15. The zero-order chi connectivity index (χ0) is 22.6. The minimum absolute atomic E-state index is 0.0306. The fraction of sp³-hybridized carbons (Fsp3) is 0.708. The maximum Gasteiger partial charge on any atom is 0.315 e. The molecule has 1 aromatic rings. The smallest absolute Gasteiger partial charge is 0.315 e. The van der Waals surface area contributed by atoms with Gasteiger partial charge in [-0.3, -0.25) is 9.78 Å². The maximum absolute atomic E-state index is 12.9. The summed E-state index contributed by atoms with van der Waals surface area (Å²) < 4.78 is 0. The number of nitrogens with zero attached hydrogens (tertiary/aromatic N) is 1. The molecular formula is C24H38N4O3. The number of carbonyl (C=O) groups is 2. The van der Waals surface area contributed by atoms with E-state index in [9.17, 15) is 14.7 Å². The van der Waals surface area contributed by atoms with Crippen molar-refractivity contribution in [1.29, 1.82) is 0 Å². The standard InChI is InChI=1S/C24H38N4O3/c1-5-26-23(31)28-19-9-11-24(4)10-8-18(21(29)20(24)16(19)3)15(2)22(30)27-14-17-7-6-12-25-13-17/h6-7,12-13,15-16,18-21,29H,5,8-11,14H2,1-4H3,(H,27,30)(H2,26,28,31)/t15-,16+,18?,19-,20+,21-,24-/m0/s1. The Bertz CT molecular complexity index is 758. The lowest BCUT2D eigenvalue weighted by molar-refractivity contribution is -0.142. The highest BCUT2D eigenvalue weighted by atomic mass is 16.3. The van der Waals surface area contributed by atoms with Crippen LogP contribution in [0.1, 0.15) is 58.9 Å². The van der Waals surface area contributed by atoms with E-state index in [1.165, 1.54) is 0 Å². The Balaban J connectivity index is 1.66. The number of aliphatic hydroxyl groups excluding tert-OH is 1. The van der Waals surface area contributed by atoms with Crippen LogP contribution in [-0.2, 0) is 11.3 Å². The summed E-state index contributed by atoms with van der Waals surface area (Å²) in [5.74, 6) is -0.194. The van der Waals surface area contributed by atoms with E-state index >= 15 is 0 Å². The van der Waals surface area contributed by atoms with E-state index in [-0.39, 0.29) is 47.1 Å². The van der Waals surface area contributed by atoms with Gasteiger partial charge in [0.25, 0.3) is 0 Å². The van der Waals surface area contributed by atoms with Crippen molar-refractivity contribution in [3.05, 3.63) is 30.1 Å². The molecule has 2 fully saturated rings. The van der Waals surface area contributed by atoms with Crippen molar-refractivity contribution in [2.45, 2.75) is 72.1 Å². The molecule has 0 spiro atoms. The lowest BCUT2D eigenvalue weighted by atomic mass is 9.52. The summed E-state index contributed by atoms with van der Waals surface area (Å²) in [7, 11) is 0. The van der Waals surface area contributed by atoms with Gasteiger partial charge >= 0.3 is 6.03 Å². The van der Waals surface area contributed by atoms with Crippen molar-refractivity contribution in [2.24, 2.45) is 29.1 Å². The fourth-order valence-corrected chi connectivity index (χ4v) is 5.92. The molecule has 3 rings (SSSR count). The molecule has 4 N–H and O–H groups in total. The number of amides is 3. The average Bonchev–Trinajstić information content (AvgIpc) is 2.75. The Morgan fingerprint density at radius 3 is 2.71 bits per heavy atom. The third-order valence-corrected chi connectivity index (χ3v) is 7.79. The van der Waals surface area contributed by atoms with Gasteiger partial charge in [0.1, 0.15) is 0 Å². The van der Waals surface area contributed by atoms with Crippen molar-refractivity contribution in [3.8, 4) is 0 Å². The zero-order valence-corrected chi connectivity index (χ0v) is 19.2. The van der Waals surface area contributed by atoms with E-state index in [1.54, 1.807) is 12.4 Å². The summed E-state index contributed by atoms with van der Waals surface area (Å²) in [5.41, 5.74) is 1.00. The van der Waals surface area contributed by atoms with Gasteiger partial charge in [0.15, 0.2) is 0 Å². The second kappa shape index (κ2) is 9.98. The number of pyridine rings is 1. The number of aliphatic hydroxyl groups is 1. The number of hydrogen-bond acceptors (Lipinski definition) is 4. The molecule has 7 atom stereocenters. The van der Waals surface area contributed by atoms with E-state index < -0.39 is 6.10 Å². The molecule has 0 aromatic carbocycles. The molecule has 172 valence electrons. The molecule has 7 nitrogen and oxygen atoms in total. The van der Waals surface area contributed by atoms with Crippen LogP contribution in [0.5, 0.6) is 0 Å². The average molecular weight is 431 g/mol. The first kappa shape index (κ1) is 23.5. The molecule has 0 saturated heterocycles. The summed E-state index contributed by atoms with van der Waals surface area (Å²) >= 11 is 0. The third-order valence-electron chi connectivity index (χ3n) is 7.79. The third kappa shape index (κ3) is 5.20. The number of carbonyl (C=O) groups excluding carboxylic acids is 2. The molecule has 31 heavy (non-hydrogen) atoms. The van der Waals surface area contributed by atoms with Crippen molar-refractivity contribution in [3.63, 3.8) is 0 Å². The Morgan fingerprint density at radius 1 is 1.29 bits per heavy atom. The largest absolute Gasteiger partial charge is 0.392 e. The SMILES string of the molecule is CCNC(=O)N[C@H]1CC[C@]2(C)CCC([C@H](C)C(=O)NCc3cccnc3)[C@H](O)[C@H]2[C@@H]1C. The van der Waals surface area contributed by atoms with Crippen molar-refractivity contribution in [1.82, 2.24) is 20.9 Å². The summed E-state index contributed by atoms with van der Waals surface area (Å²) in [6, 6.07) is 3.68. The van der Waals surface area contributed by atoms with Crippen LogP contribution in [0.4, 0.5) is 4.79 Å². The van der Waals surface area contributed by atoms with Gasteiger partial charge in [0.05, 0.1) is 6.10 Å². The van der Waals surface area contributed by atoms with E-state index in [0.29, 0.717) is 13.1 Å². The molecule has 0 aliphatic heterocycles. The molecule has 1 unspecified atom stereocenters. The van der Waals surface area contributed by atoms with Gasteiger partial charge in [-0.05, 0) is 67.4 Å². The van der Waals surface area contributed by atoms with Crippen molar-refractivity contribution in [2.75, 3.05) is 6.54 Å². The minimum atomic E-state index is -0.563. The highest BCUT2D eigenvalue weighted by Gasteiger charge is 2.53. The number of fused-ring (bicyclic) bond motifs is 1. The molecule has 1 heterocycles. The van der Waals surface area contributed by atoms with E-state index in [0.717, 1.165) is 31.2 Å². The highest BCUT2D eigenvalue weighted by Crippen LogP contribution is 2.55. The van der Waals surface area contributed by atoms with E-state index in [1.807, 2.05) is 26.0 Å². The topological polar surface area (TPSA) is 103 Å². The lowest BCUT2D eigenvalue weighted by Gasteiger charge is -2.56. The fourth-order valence-electron chi connectivity index (χ4n) is 5.92. The van der Waals surface area contributed by atoms with Gasteiger partial charge in [-0.1, -0.05) is 26.8 Å². The normalized spacial score (nSPS) is 33.6. The van der Waals surface area contributed by atoms with Crippen LogP contribution in [0, 0.1) is 29.1 Å². The van der Waals surface area contributed by atoms with Crippen LogP contribution in [-0.4, -0.2) is 40.7 Å². The van der Waals surface area contributed by atoms with Crippen LogP contribution in [0.25, 0.3) is 0 Å². The molecular weight excluding hydrogens is 392 g/mol. The summed E-state index contributed by atoms with van der Waals surface area (Å²) in [6.45, 7) is 9.26. The summed E-state index contributed by atoms with van der Waals surface area (Å²) in [5, 5.41) is 20.3. The molecule has 3 amide bonds. The number of nitrogens with one attached hydrogen (secondary N) is 3. The molecule has 2 aliphatic rings. The van der Waals surface area contributed by atoms with Crippen LogP contribution in [0.2, 0.25) is 0 Å². The second-order valence-electron chi connectivity index (χ2n) is 9.75. The maximum atomic E-state index is 12.9. The zero-order valence-electron chi connectivity index (χ0n) is 19.2. The van der Waals surface area contributed by atoms with Crippen LogP contribution in [0.15, 0.2) is 24.5 Å². The molecule has 0 bridgehead atoms. The quantitative estimate of drug-likeness (QED) is 0.557. The van der Waals surface area contributed by atoms with Gasteiger partial charge in [-0.15, -0.1) is 0 Å². The second-order valence-corrected chi connectivity index (χ2v) is 9.75. The molecule has 1 aromatic heterocycles. The number of aromatic nitrogens is 1. The van der Waals surface area contributed by atoms with Gasteiger partial charge < -0.3 is 21.1 Å². The van der Waals surface area contributed by atoms with Gasteiger partial charge in [-0.25, -0.2) is 4.79 Å². The monoisotopic (exact) mass is 430 g/mol. The summed E-state index contributed by atoms with van der Waals surface area (Å²) in [6.07, 6.45) is 6.63. The molecule has 2 saturated carbocycles. The van der Waals surface area contributed by atoms with Crippen LogP contribution >= 0.6 is 0 Å². The molecule has 2 aliphatic carbocycles. The minimum Gasteiger partial charge on any atom is -0.392 e. The molecule has 0 radical (unpaired) electrons. The first-order valence-corrected chi connectivity index (χ1v) is 11.7. The van der Waals surface area contributed by atoms with Gasteiger partial charge in [-0.2, -0.15) is 0 Å². The predicted molar refractivity (Wildman–Crippen MR) is 120 cm³/mol. The van der Waals surface area contributed by atoms with E-state index in [4.69, 9.17) is 0 Å². The van der Waals surface area contributed by atoms with Crippen molar-refractivity contribution >= 4 is 11.9 Å².